The van der Waals surface area contributed by atoms with Gasteiger partial charge in [-0.15, -0.1) is 0 Å². The second kappa shape index (κ2) is 13.2. The molecule has 1 fully saturated rings. The monoisotopic (exact) mass is 514 g/mol. The first-order valence-electron chi connectivity index (χ1n) is 14.1. The van der Waals surface area contributed by atoms with E-state index in [9.17, 15) is 9.50 Å². The molecule has 1 N–H and O–H groups in total. The summed E-state index contributed by atoms with van der Waals surface area (Å²) >= 11 is 0. The van der Waals surface area contributed by atoms with E-state index >= 15 is 0 Å². The average molecular weight is 515 g/mol. The van der Waals surface area contributed by atoms with Gasteiger partial charge in [0.25, 0.3) is 0 Å². The molecule has 0 unspecified atom stereocenters. The first-order valence-corrected chi connectivity index (χ1v) is 14.1. The lowest BCUT2D eigenvalue weighted by atomic mass is 9.72. The Morgan fingerprint density at radius 3 is 2.08 bits per heavy atom. The van der Waals surface area contributed by atoms with Gasteiger partial charge in [0.2, 0.25) is 0 Å². The van der Waals surface area contributed by atoms with Crippen molar-refractivity contribution >= 4 is 0 Å². The highest BCUT2D eigenvalue weighted by molar-refractivity contribution is 5.31. The van der Waals surface area contributed by atoms with Crippen molar-refractivity contribution in [3.63, 3.8) is 0 Å². The molecule has 1 aliphatic heterocycles. The van der Waals surface area contributed by atoms with Crippen LogP contribution in [0.25, 0.3) is 0 Å². The molecule has 0 aliphatic carbocycles. The van der Waals surface area contributed by atoms with Crippen molar-refractivity contribution in [3.8, 4) is 5.75 Å². The molecule has 4 nitrogen and oxygen atoms in total. The molecule has 0 radical (unpaired) electrons. The molecule has 1 aliphatic rings. The smallest absolute Gasteiger partial charge is 0.126 e. The fourth-order valence-corrected chi connectivity index (χ4v) is 6.11. The van der Waals surface area contributed by atoms with Crippen LogP contribution in [0.1, 0.15) is 77.8 Å². The Morgan fingerprint density at radius 2 is 1.49 bits per heavy atom. The third kappa shape index (κ3) is 10.0. The van der Waals surface area contributed by atoms with Gasteiger partial charge in [-0.2, -0.15) is 0 Å². The maximum atomic E-state index is 13.4. The summed E-state index contributed by atoms with van der Waals surface area (Å²) in [5.74, 6) is 0.634. The van der Waals surface area contributed by atoms with Gasteiger partial charge in [0.15, 0.2) is 0 Å². The minimum absolute atomic E-state index is 0.111. The fourth-order valence-electron chi connectivity index (χ4n) is 6.11. The van der Waals surface area contributed by atoms with Crippen molar-refractivity contribution < 1.29 is 23.5 Å². The summed E-state index contributed by atoms with van der Waals surface area (Å²) in [5, 5.41) is 10.8. The van der Waals surface area contributed by atoms with Gasteiger partial charge in [0.05, 0.1) is 26.3 Å². The van der Waals surface area contributed by atoms with E-state index < -0.39 is 6.10 Å². The normalized spacial score (nSPS) is 17.3. The molecular formula is C32H49FNO3+. The molecule has 2 aromatic carbocycles. The second-order valence-corrected chi connectivity index (χ2v) is 12.9. The van der Waals surface area contributed by atoms with Crippen molar-refractivity contribution in [2.75, 3.05) is 39.5 Å². The van der Waals surface area contributed by atoms with Gasteiger partial charge in [-0.3, -0.25) is 0 Å². The second-order valence-electron chi connectivity index (χ2n) is 12.9. The molecule has 2 aromatic rings. The predicted octanol–water partition coefficient (Wildman–Crippen LogP) is 6.89. The quantitative estimate of drug-likeness (QED) is 0.248. The van der Waals surface area contributed by atoms with Gasteiger partial charge < -0.3 is 19.1 Å². The van der Waals surface area contributed by atoms with E-state index in [0.29, 0.717) is 26.4 Å². The highest BCUT2D eigenvalue weighted by Gasteiger charge is 2.32. The number of benzene rings is 2. The minimum Gasteiger partial charge on any atom is -0.491 e. The van der Waals surface area contributed by atoms with Crippen LogP contribution in [-0.4, -0.2) is 55.1 Å². The SMILES string of the molecule is CC(C)(C)CC(C)(C)c1ccc(OCCOC[C@@H](O)C[N+]2(Cc3ccc(F)cc3)CCCCCC2)cc1. The zero-order valence-corrected chi connectivity index (χ0v) is 23.8. The lowest BCUT2D eigenvalue weighted by Gasteiger charge is -2.39. The van der Waals surface area contributed by atoms with Crippen LogP contribution in [0.5, 0.6) is 5.75 Å². The number of rotatable bonds is 12. The molecule has 37 heavy (non-hydrogen) atoms. The number of hydrogen-bond donors (Lipinski definition) is 1. The van der Waals surface area contributed by atoms with Crippen LogP contribution < -0.4 is 4.74 Å². The van der Waals surface area contributed by atoms with Crippen LogP contribution in [0, 0.1) is 11.2 Å². The van der Waals surface area contributed by atoms with Crippen molar-refractivity contribution in [1.82, 2.24) is 0 Å². The lowest BCUT2D eigenvalue weighted by molar-refractivity contribution is -0.943. The summed E-state index contributed by atoms with van der Waals surface area (Å²) in [4.78, 5) is 0. The summed E-state index contributed by atoms with van der Waals surface area (Å²) in [6.07, 6.45) is 5.37. The van der Waals surface area contributed by atoms with Crippen molar-refractivity contribution in [2.45, 2.75) is 84.8 Å². The molecule has 1 heterocycles. The Balaban J connectivity index is 1.44. The first kappa shape index (κ1) is 29.6. The van der Waals surface area contributed by atoms with Crippen LogP contribution in [-0.2, 0) is 16.7 Å². The third-order valence-electron chi connectivity index (χ3n) is 7.46. The van der Waals surface area contributed by atoms with E-state index in [0.717, 1.165) is 54.7 Å². The molecule has 0 amide bonds. The number of hydrogen-bond acceptors (Lipinski definition) is 3. The first-order chi connectivity index (χ1) is 17.5. The largest absolute Gasteiger partial charge is 0.491 e. The van der Waals surface area contributed by atoms with Gasteiger partial charge in [0, 0.05) is 5.56 Å². The maximum Gasteiger partial charge on any atom is 0.126 e. The number of likely N-dealkylation sites (tertiary alicyclic amines) is 1. The molecule has 0 bridgehead atoms. The summed E-state index contributed by atoms with van der Waals surface area (Å²) < 4.78 is 25.9. The Hall–Kier alpha value is -1.95. The molecule has 3 rings (SSSR count). The number of halogens is 1. The molecular weight excluding hydrogens is 465 g/mol. The van der Waals surface area contributed by atoms with Crippen molar-refractivity contribution in [3.05, 3.63) is 65.5 Å². The van der Waals surface area contributed by atoms with Gasteiger partial charge in [-0.05, 0) is 72.8 Å². The lowest BCUT2D eigenvalue weighted by Crippen LogP contribution is -2.53. The van der Waals surface area contributed by atoms with Gasteiger partial charge >= 0.3 is 0 Å². The van der Waals surface area contributed by atoms with Gasteiger partial charge in [0.1, 0.15) is 37.4 Å². The Labute approximate surface area is 224 Å². The molecule has 1 atom stereocenters. The number of aliphatic hydroxyl groups excluding tert-OH is 1. The van der Waals surface area contributed by atoms with E-state index in [-0.39, 0.29) is 16.6 Å². The summed E-state index contributed by atoms with van der Waals surface area (Å²) in [6.45, 7) is 16.2. The maximum absolute atomic E-state index is 13.4. The number of nitrogens with zero attached hydrogens (tertiary/aromatic N) is 1. The molecule has 206 valence electrons. The van der Waals surface area contributed by atoms with E-state index in [1.54, 1.807) is 0 Å². The molecule has 0 spiro atoms. The Morgan fingerprint density at radius 1 is 0.865 bits per heavy atom. The zero-order valence-electron chi connectivity index (χ0n) is 23.8. The topological polar surface area (TPSA) is 38.7 Å². The number of aliphatic hydroxyl groups is 1. The van der Waals surface area contributed by atoms with Crippen LogP contribution in [0.4, 0.5) is 4.39 Å². The fraction of sp³-hybridized carbons (Fsp3) is 0.625. The standard InChI is InChI=1S/C32H49FNO3/c1-31(2,3)25-32(4,5)27-12-16-30(17-13-27)37-21-20-36-24-29(35)23-34(18-8-6-7-9-19-34)22-26-10-14-28(33)15-11-26/h10-17,29,35H,6-9,18-25H2,1-5H3/q+1/t29-/m0/s1. The van der Waals surface area contributed by atoms with Gasteiger partial charge in [-0.1, -0.05) is 58.9 Å². The highest BCUT2D eigenvalue weighted by Crippen LogP contribution is 2.36. The van der Waals surface area contributed by atoms with Crippen LogP contribution in [0.2, 0.25) is 0 Å². The summed E-state index contributed by atoms with van der Waals surface area (Å²) in [5.41, 5.74) is 2.83. The molecule has 0 saturated carbocycles. The number of quaternary nitrogens is 1. The van der Waals surface area contributed by atoms with E-state index in [1.807, 2.05) is 24.3 Å². The van der Waals surface area contributed by atoms with Gasteiger partial charge in [-0.25, -0.2) is 4.39 Å². The zero-order chi connectivity index (χ0) is 26.9. The Bertz CT molecular complexity index is 926. The van der Waals surface area contributed by atoms with E-state index in [4.69, 9.17) is 9.47 Å². The van der Waals surface area contributed by atoms with E-state index in [2.05, 4.69) is 46.8 Å². The van der Waals surface area contributed by atoms with Crippen LogP contribution in [0.15, 0.2) is 48.5 Å². The van der Waals surface area contributed by atoms with Crippen molar-refractivity contribution in [1.29, 1.82) is 0 Å². The van der Waals surface area contributed by atoms with Crippen LogP contribution in [0.3, 0.4) is 0 Å². The predicted molar refractivity (Wildman–Crippen MR) is 149 cm³/mol. The minimum atomic E-state index is -0.539. The summed E-state index contributed by atoms with van der Waals surface area (Å²) in [7, 11) is 0. The average Bonchev–Trinajstić information content (AvgIpc) is 3.04. The summed E-state index contributed by atoms with van der Waals surface area (Å²) in [6, 6.07) is 15.2. The van der Waals surface area contributed by atoms with Crippen molar-refractivity contribution in [2.24, 2.45) is 5.41 Å². The molecule has 5 heteroatoms. The third-order valence-corrected chi connectivity index (χ3v) is 7.46. The number of ether oxygens (including phenoxy) is 2. The van der Waals surface area contributed by atoms with Crippen LogP contribution >= 0.6 is 0 Å². The Kier molecular flexibility index (Phi) is 10.6. The van der Waals surface area contributed by atoms with E-state index in [1.165, 1.54) is 30.5 Å². The molecule has 1 saturated heterocycles. The highest BCUT2D eigenvalue weighted by atomic mass is 19.1. The molecule has 0 aromatic heterocycles.